The van der Waals surface area contributed by atoms with Gasteiger partial charge in [-0.25, -0.2) is 8.78 Å². The summed E-state index contributed by atoms with van der Waals surface area (Å²) in [5.74, 6) is -1.03. The van der Waals surface area contributed by atoms with Crippen LogP contribution in [0.15, 0.2) is 12.1 Å². The van der Waals surface area contributed by atoms with Crippen LogP contribution in [0.3, 0.4) is 0 Å². The van der Waals surface area contributed by atoms with Crippen molar-refractivity contribution in [1.29, 1.82) is 0 Å². The van der Waals surface area contributed by atoms with E-state index in [0.29, 0.717) is 6.54 Å². The first-order valence-electron chi connectivity index (χ1n) is 5.93. The molecule has 1 atom stereocenters. The van der Waals surface area contributed by atoms with Gasteiger partial charge in [0.15, 0.2) is 0 Å². The van der Waals surface area contributed by atoms with Crippen molar-refractivity contribution in [3.63, 3.8) is 0 Å². The summed E-state index contributed by atoms with van der Waals surface area (Å²) < 4.78 is 26.2. The van der Waals surface area contributed by atoms with Crippen LogP contribution in [-0.2, 0) is 0 Å². The second-order valence-electron chi connectivity index (χ2n) is 3.99. The normalized spacial score (nSPS) is 12.8. The molecule has 4 heteroatoms. The summed E-state index contributed by atoms with van der Waals surface area (Å²) in [6, 6.07) is 4.60. The molecular weight excluding hydrogens is 222 g/mol. The van der Waals surface area contributed by atoms with Crippen LogP contribution in [0, 0.1) is 17.7 Å². The molecule has 0 fully saturated rings. The molecule has 1 aromatic carbocycles. The van der Waals surface area contributed by atoms with Crippen molar-refractivity contribution in [2.75, 3.05) is 25.0 Å². The van der Waals surface area contributed by atoms with Gasteiger partial charge in [-0.1, -0.05) is 13.8 Å². The van der Waals surface area contributed by atoms with E-state index in [9.17, 15) is 8.78 Å². The summed E-state index contributed by atoms with van der Waals surface area (Å²) in [4.78, 5) is 2.25. The van der Waals surface area contributed by atoms with Crippen molar-refractivity contribution in [2.45, 2.75) is 26.8 Å². The first kappa shape index (κ1) is 13.9. The number of halogens is 2. The van der Waals surface area contributed by atoms with Gasteiger partial charge in [-0.15, -0.1) is 0 Å². The molecule has 0 amide bonds. The van der Waals surface area contributed by atoms with E-state index in [0.717, 1.165) is 25.2 Å². The topological polar surface area (TPSA) is 15.3 Å². The van der Waals surface area contributed by atoms with Gasteiger partial charge in [0.25, 0.3) is 0 Å². The van der Waals surface area contributed by atoms with E-state index in [1.165, 1.54) is 0 Å². The molecule has 1 unspecified atom stereocenters. The Labute approximate surface area is 102 Å². The lowest BCUT2D eigenvalue weighted by Gasteiger charge is -2.26. The number of likely N-dealkylation sites (N-methyl/N-ethyl adjacent to an activating group) is 1. The van der Waals surface area contributed by atoms with Crippen LogP contribution in [0.5, 0.6) is 0 Å². The Balaban J connectivity index is 2.57. The molecule has 1 N–H and O–H groups in total. The molecule has 2 nitrogen and oxygen atoms in total. The van der Waals surface area contributed by atoms with Crippen LogP contribution < -0.4 is 5.32 Å². The summed E-state index contributed by atoms with van der Waals surface area (Å²) >= 11 is 0. The summed E-state index contributed by atoms with van der Waals surface area (Å²) in [5.41, 5.74) is 0.195. The van der Waals surface area contributed by atoms with Gasteiger partial charge < -0.3 is 5.32 Å². The van der Waals surface area contributed by atoms with E-state index in [-0.39, 0.29) is 11.7 Å². The minimum absolute atomic E-state index is 0.195. The molecule has 1 radical (unpaired) electrons. The number of nitrogens with one attached hydrogen (secondary N) is 1. The zero-order valence-corrected chi connectivity index (χ0v) is 10.6. The fourth-order valence-electron chi connectivity index (χ4n) is 1.82. The van der Waals surface area contributed by atoms with Crippen molar-refractivity contribution in [2.24, 2.45) is 0 Å². The molecule has 0 spiro atoms. The maximum Gasteiger partial charge on any atom is 0.147 e. The highest BCUT2D eigenvalue weighted by Crippen LogP contribution is 2.15. The van der Waals surface area contributed by atoms with E-state index >= 15 is 0 Å². The monoisotopic (exact) mass is 241 g/mol. The third-order valence-corrected chi connectivity index (χ3v) is 2.89. The molecule has 17 heavy (non-hydrogen) atoms. The molecule has 0 aliphatic carbocycles. The van der Waals surface area contributed by atoms with Gasteiger partial charge in [0.2, 0.25) is 0 Å². The fourth-order valence-corrected chi connectivity index (χ4v) is 1.82. The highest BCUT2D eigenvalue weighted by atomic mass is 19.1. The molecular formula is C13H19F2N2. The Bertz CT molecular complexity index is 351. The van der Waals surface area contributed by atoms with Gasteiger partial charge in [0.05, 0.1) is 5.69 Å². The van der Waals surface area contributed by atoms with Crippen LogP contribution >= 0.6 is 0 Å². The van der Waals surface area contributed by atoms with Crippen molar-refractivity contribution in [1.82, 2.24) is 4.90 Å². The largest absolute Gasteiger partial charge is 0.381 e. The molecule has 95 valence electrons. The molecule has 0 saturated carbocycles. The number of benzene rings is 1. The molecule has 0 aliphatic rings. The number of nitrogens with zero attached hydrogens (tertiary/aromatic N) is 1. The number of hydrogen-bond acceptors (Lipinski definition) is 2. The lowest BCUT2D eigenvalue weighted by molar-refractivity contribution is 0.240. The van der Waals surface area contributed by atoms with E-state index in [1.54, 1.807) is 0 Å². The predicted molar refractivity (Wildman–Crippen MR) is 66.1 cm³/mol. The maximum absolute atomic E-state index is 13.3. The average Bonchev–Trinajstić information content (AvgIpc) is 2.32. The zero-order chi connectivity index (χ0) is 12.8. The van der Waals surface area contributed by atoms with E-state index in [4.69, 9.17) is 0 Å². The predicted octanol–water partition coefficient (Wildman–Crippen LogP) is 2.91. The van der Waals surface area contributed by atoms with Crippen molar-refractivity contribution in [3.8, 4) is 0 Å². The third kappa shape index (κ3) is 3.97. The summed E-state index contributed by atoms with van der Waals surface area (Å²) in [5, 5.41) is 2.93. The summed E-state index contributed by atoms with van der Waals surface area (Å²) in [6.45, 7) is 8.69. The maximum atomic E-state index is 13.3. The van der Waals surface area contributed by atoms with Gasteiger partial charge in [-0.2, -0.15) is 0 Å². The highest BCUT2D eigenvalue weighted by molar-refractivity contribution is 5.44. The highest BCUT2D eigenvalue weighted by Gasteiger charge is 2.11. The lowest BCUT2D eigenvalue weighted by Crippen LogP contribution is -2.37. The zero-order valence-electron chi connectivity index (χ0n) is 10.6. The van der Waals surface area contributed by atoms with Gasteiger partial charge >= 0.3 is 0 Å². The Morgan fingerprint density at radius 3 is 2.59 bits per heavy atom. The molecule has 1 rings (SSSR count). The summed E-state index contributed by atoms with van der Waals surface area (Å²) in [7, 11) is 0. The Morgan fingerprint density at radius 1 is 1.35 bits per heavy atom. The number of anilines is 1. The Hall–Kier alpha value is -1.16. The van der Waals surface area contributed by atoms with Gasteiger partial charge in [-0.3, -0.25) is 4.90 Å². The number of rotatable bonds is 6. The van der Waals surface area contributed by atoms with Gasteiger partial charge in [0.1, 0.15) is 11.6 Å². The van der Waals surface area contributed by atoms with Crippen LogP contribution in [0.2, 0.25) is 0 Å². The Morgan fingerprint density at radius 2 is 2.00 bits per heavy atom. The first-order valence-corrected chi connectivity index (χ1v) is 5.93. The van der Waals surface area contributed by atoms with Gasteiger partial charge in [0, 0.05) is 24.7 Å². The SMILES string of the molecule is CCN(CC)C(C)CNc1cc(F)[c]cc1F. The molecule has 1 aromatic rings. The van der Waals surface area contributed by atoms with Crippen LogP contribution in [-0.4, -0.2) is 30.6 Å². The molecule has 0 bridgehead atoms. The Kier molecular flexibility index (Phi) is 5.35. The first-order chi connectivity index (χ1) is 8.08. The molecule has 0 aromatic heterocycles. The fraction of sp³-hybridized carbons (Fsp3) is 0.538. The van der Waals surface area contributed by atoms with E-state index < -0.39 is 11.6 Å². The quantitative estimate of drug-likeness (QED) is 0.823. The average molecular weight is 241 g/mol. The minimum atomic E-state index is -0.551. The molecule has 0 heterocycles. The standard InChI is InChI=1S/C13H19F2N2/c1-4-17(5-2)10(3)9-16-13-8-11(14)6-7-12(13)15/h7-8,10,16H,4-5,9H2,1-3H3. The smallest absolute Gasteiger partial charge is 0.147 e. The van der Waals surface area contributed by atoms with Crippen LogP contribution in [0.4, 0.5) is 14.5 Å². The third-order valence-electron chi connectivity index (χ3n) is 2.89. The van der Waals surface area contributed by atoms with Crippen LogP contribution in [0.25, 0.3) is 0 Å². The number of hydrogen-bond donors (Lipinski definition) is 1. The van der Waals surface area contributed by atoms with Crippen molar-refractivity contribution >= 4 is 5.69 Å². The van der Waals surface area contributed by atoms with Gasteiger partial charge in [-0.05, 0) is 26.1 Å². The van der Waals surface area contributed by atoms with Crippen molar-refractivity contribution in [3.05, 3.63) is 29.8 Å². The lowest BCUT2D eigenvalue weighted by atomic mass is 10.2. The second kappa shape index (κ2) is 6.55. The van der Waals surface area contributed by atoms with E-state index in [1.807, 2.05) is 0 Å². The van der Waals surface area contributed by atoms with E-state index in [2.05, 4.69) is 37.1 Å². The van der Waals surface area contributed by atoms with Crippen molar-refractivity contribution < 1.29 is 8.78 Å². The minimum Gasteiger partial charge on any atom is -0.381 e. The summed E-state index contributed by atoms with van der Waals surface area (Å²) in [6.07, 6.45) is 0. The second-order valence-corrected chi connectivity index (χ2v) is 3.99. The molecule has 0 saturated heterocycles. The van der Waals surface area contributed by atoms with Crippen LogP contribution in [0.1, 0.15) is 20.8 Å². The molecule has 0 aliphatic heterocycles.